The van der Waals surface area contributed by atoms with Crippen molar-refractivity contribution in [2.24, 2.45) is 23.5 Å². The molecule has 3 rings (SSSR count). The zero-order valence-electron chi connectivity index (χ0n) is 12.2. The van der Waals surface area contributed by atoms with Crippen molar-refractivity contribution < 1.29 is 9.53 Å². The molecule has 0 heterocycles. The lowest BCUT2D eigenvalue weighted by Crippen LogP contribution is -2.40. The number of ketones is 1. The number of Topliss-reactive ketones (excluding diaryl/α,β-unsaturated/α-hetero) is 1. The maximum Gasteiger partial charge on any atom is 0.171 e. The van der Waals surface area contributed by atoms with E-state index in [2.05, 4.69) is 0 Å². The number of benzene rings is 1. The van der Waals surface area contributed by atoms with Gasteiger partial charge in [0.05, 0.1) is 11.7 Å². The van der Waals surface area contributed by atoms with Gasteiger partial charge in [-0.05, 0) is 57.1 Å². The van der Waals surface area contributed by atoms with Crippen LogP contribution in [0.5, 0.6) is 5.75 Å². The number of fused-ring (bicyclic) bond motifs is 2. The zero-order chi connectivity index (χ0) is 14.3. The minimum atomic E-state index is -0.00865. The van der Waals surface area contributed by atoms with Gasteiger partial charge in [-0.15, -0.1) is 0 Å². The van der Waals surface area contributed by atoms with Crippen molar-refractivity contribution in [2.45, 2.75) is 45.3 Å². The van der Waals surface area contributed by atoms with Gasteiger partial charge in [0.15, 0.2) is 5.78 Å². The summed E-state index contributed by atoms with van der Waals surface area (Å²) in [5.41, 5.74) is 7.00. The van der Waals surface area contributed by atoms with Crippen LogP contribution in [0.25, 0.3) is 0 Å². The van der Waals surface area contributed by atoms with Crippen molar-refractivity contribution in [3.63, 3.8) is 0 Å². The molecule has 0 spiro atoms. The average molecular weight is 273 g/mol. The van der Waals surface area contributed by atoms with Gasteiger partial charge in [0, 0.05) is 12.0 Å². The molecular weight excluding hydrogens is 250 g/mol. The number of carbonyl (C=O) groups excluding carboxylic acids is 1. The minimum Gasteiger partial charge on any atom is -0.490 e. The highest BCUT2D eigenvalue weighted by Gasteiger charge is 2.49. The number of nitrogens with two attached hydrogens (primary N) is 1. The fourth-order valence-corrected chi connectivity index (χ4v) is 3.93. The number of rotatable bonds is 4. The number of para-hydroxylation sites is 1. The van der Waals surface area contributed by atoms with Gasteiger partial charge in [-0.25, -0.2) is 0 Å². The Labute approximate surface area is 120 Å². The standard InChI is InChI=1S/C17H23NO2/c1-10(2)20-14-6-4-3-5-13(14)17(19)15-11-7-8-12(9-11)16(15)18/h3-6,10-12,15-16H,7-9,18H2,1-2H3. The summed E-state index contributed by atoms with van der Waals surface area (Å²) in [5, 5.41) is 0. The molecule has 2 aliphatic rings. The Morgan fingerprint density at radius 1 is 1.25 bits per heavy atom. The van der Waals surface area contributed by atoms with Crippen LogP contribution in [0.4, 0.5) is 0 Å². The van der Waals surface area contributed by atoms with Crippen LogP contribution in [0, 0.1) is 17.8 Å². The van der Waals surface area contributed by atoms with Crippen LogP contribution < -0.4 is 10.5 Å². The number of ether oxygens (including phenoxy) is 1. The van der Waals surface area contributed by atoms with E-state index in [4.69, 9.17) is 10.5 Å². The second-order valence-corrected chi connectivity index (χ2v) is 6.46. The smallest absolute Gasteiger partial charge is 0.171 e. The predicted molar refractivity (Wildman–Crippen MR) is 78.8 cm³/mol. The van der Waals surface area contributed by atoms with E-state index in [1.54, 1.807) is 0 Å². The molecule has 2 N–H and O–H groups in total. The summed E-state index contributed by atoms with van der Waals surface area (Å²) < 4.78 is 5.78. The third-order valence-electron chi connectivity index (χ3n) is 4.80. The number of hydrogen-bond donors (Lipinski definition) is 1. The number of hydrogen-bond acceptors (Lipinski definition) is 3. The Balaban J connectivity index is 1.87. The molecule has 0 aromatic heterocycles. The predicted octanol–water partition coefficient (Wildman–Crippen LogP) is 3.03. The molecule has 0 amide bonds. The van der Waals surface area contributed by atoms with Gasteiger partial charge < -0.3 is 10.5 Å². The normalized spacial score (nSPS) is 31.8. The molecular formula is C17H23NO2. The summed E-state index contributed by atoms with van der Waals surface area (Å²) in [6.45, 7) is 3.95. The van der Waals surface area contributed by atoms with E-state index in [9.17, 15) is 4.79 Å². The summed E-state index contributed by atoms with van der Waals surface area (Å²) in [6.07, 6.45) is 3.55. The maximum atomic E-state index is 12.9. The fourth-order valence-electron chi connectivity index (χ4n) is 3.93. The Hall–Kier alpha value is -1.35. The van der Waals surface area contributed by atoms with Gasteiger partial charge >= 0.3 is 0 Å². The van der Waals surface area contributed by atoms with Crippen molar-refractivity contribution in [2.75, 3.05) is 0 Å². The lowest BCUT2D eigenvalue weighted by Gasteiger charge is -2.27. The van der Waals surface area contributed by atoms with Crippen molar-refractivity contribution >= 4 is 5.78 Å². The van der Waals surface area contributed by atoms with Gasteiger partial charge in [-0.3, -0.25) is 4.79 Å². The molecule has 20 heavy (non-hydrogen) atoms. The third-order valence-corrected chi connectivity index (χ3v) is 4.80. The quantitative estimate of drug-likeness (QED) is 0.858. The highest BCUT2D eigenvalue weighted by Crippen LogP contribution is 2.49. The molecule has 2 aliphatic carbocycles. The van der Waals surface area contributed by atoms with E-state index in [0.29, 0.717) is 23.1 Å². The molecule has 2 bridgehead atoms. The molecule has 0 saturated heterocycles. The summed E-state index contributed by atoms with van der Waals surface area (Å²) in [7, 11) is 0. The molecule has 0 aliphatic heterocycles. The molecule has 2 saturated carbocycles. The van der Waals surface area contributed by atoms with Crippen LogP contribution in [-0.2, 0) is 0 Å². The van der Waals surface area contributed by atoms with Crippen molar-refractivity contribution in [1.29, 1.82) is 0 Å². The van der Waals surface area contributed by atoms with Crippen LogP contribution in [0.15, 0.2) is 24.3 Å². The van der Waals surface area contributed by atoms with Gasteiger partial charge in [-0.1, -0.05) is 12.1 Å². The molecule has 3 heteroatoms. The first-order valence-corrected chi connectivity index (χ1v) is 7.63. The van der Waals surface area contributed by atoms with Crippen LogP contribution in [0.3, 0.4) is 0 Å². The van der Waals surface area contributed by atoms with Gasteiger partial charge in [0.25, 0.3) is 0 Å². The summed E-state index contributed by atoms with van der Waals surface area (Å²) >= 11 is 0. The maximum absolute atomic E-state index is 12.9. The molecule has 108 valence electrons. The summed E-state index contributed by atoms with van der Waals surface area (Å²) in [5.74, 6) is 1.90. The highest BCUT2D eigenvalue weighted by molar-refractivity contribution is 6.01. The van der Waals surface area contributed by atoms with Crippen molar-refractivity contribution in [3.8, 4) is 5.75 Å². The Kier molecular flexibility index (Phi) is 3.55. The fraction of sp³-hybridized carbons (Fsp3) is 0.588. The SMILES string of the molecule is CC(C)Oc1ccccc1C(=O)C1C2CCC(C2)C1N. The van der Waals surface area contributed by atoms with E-state index >= 15 is 0 Å². The average Bonchev–Trinajstić information content (AvgIpc) is 2.98. The minimum absolute atomic E-state index is 0.00865. The molecule has 3 nitrogen and oxygen atoms in total. The van der Waals surface area contributed by atoms with E-state index in [-0.39, 0.29) is 23.8 Å². The largest absolute Gasteiger partial charge is 0.490 e. The van der Waals surface area contributed by atoms with Crippen LogP contribution in [-0.4, -0.2) is 17.9 Å². The van der Waals surface area contributed by atoms with Crippen molar-refractivity contribution in [3.05, 3.63) is 29.8 Å². The second-order valence-electron chi connectivity index (χ2n) is 6.46. The van der Waals surface area contributed by atoms with E-state index in [1.165, 1.54) is 6.42 Å². The van der Waals surface area contributed by atoms with E-state index in [0.717, 1.165) is 12.8 Å². The zero-order valence-corrected chi connectivity index (χ0v) is 12.2. The van der Waals surface area contributed by atoms with Gasteiger partial charge in [0.2, 0.25) is 0 Å². The highest BCUT2D eigenvalue weighted by atomic mass is 16.5. The Morgan fingerprint density at radius 3 is 2.60 bits per heavy atom. The lowest BCUT2D eigenvalue weighted by molar-refractivity contribution is 0.0850. The Bertz CT molecular complexity index is 509. The molecule has 4 unspecified atom stereocenters. The van der Waals surface area contributed by atoms with Gasteiger partial charge in [0.1, 0.15) is 5.75 Å². The second kappa shape index (κ2) is 5.21. The van der Waals surface area contributed by atoms with Crippen LogP contribution in [0.1, 0.15) is 43.5 Å². The molecule has 0 radical (unpaired) electrons. The molecule has 1 aromatic carbocycles. The van der Waals surface area contributed by atoms with E-state index in [1.807, 2.05) is 38.1 Å². The first kappa shape index (κ1) is 13.6. The molecule has 2 fully saturated rings. The van der Waals surface area contributed by atoms with Crippen LogP contribution in [0.2, 0.25) is 0 Å². The molecule has 4 atom stereocenters. The summed E-state index contributed by atoms with van der Waals surface area (Å²) in [4.78, 5) is 12.9. The third kappa shape index (κ3) is 2.24. The van der Waals surface area contributed by atoms with Crippen LogP contribution >= 0.6 is 0 Å². The first-order chi connectivity index (χ1) is 9.58. The first-order valence-electron chi connectivity index (χ1n) is 7.63. The van der Waals surface area contributed by atoms with E-state index < -0.39 is 0 Å². The lowest BCUT2D eigenvalue weighted by atomic mass is 9.80. The monoisotopic (exact) mass is 273 g/mol. The van der Waals surface area contributed by atoms with Gasteiger partial charge in [-0.2, -0.15) is 0 Å². The topological polar surface area (TPSA) is 52.3 Å². The summed E-state index contributed by atoms with van der Waals surface area (Å²) in [6, 6.07) is 7.60. The Morgan fingerprint density at radius 2 is 1.95 bits per heavy atom. The number of carbonyl (C=O) groups is 1. The molecule has 1 aromatic rings. The van der Waals surface area contributed by atoms with Crippen molar-refractivity contribution in [1.82, 2.24) is 0 Å².